The van der Waals surface area contributed by atoms with Gasteiger partial charge in [-0.15, -0.1) is 0 Å². The topological polar surface area (TPSA) is 29.5 Å². The molecule has 1 fully saturated rings. The molecule has 0 saturated carbocycles. The van der Waals surface area contributed by atoms with Crippen LogP contribution in [0, 0.1) is 13.8 Å². The normalized spacial score (nSPS) is 16.1. The molecule has 3 nitrogen and oxygen atoms in total. The largest absolute Gasteiger partial charge is 0.494 e. The molecule has 0 bridgehead atoms. The summed E-state index contributed by atoms with van der Waals surface area (Å²) in [5.41, 5.74) is 2.92. The predicted molar refractivity (Wildman–Crippen MR) is 81.7 cm³/mol. The van der Waals surface area contributed by atoms with Gasteiger partial charge in [0.15, 0.2) is 5.78 Å². The van der Waals surface area contributed by atoms with Gasteiger partial charge in [0.05, 0.1) is 13.2 Å². The highest BCUT2D eigenvalue weighted by atomic mass is 16.5. The van der Waals surface area contributed by atoms with Crippen LogP contribution >= 0.6 is 0 Å². The Morgan fingerprint density at radius 3 is 2.30 bits per heavy atom. The zero-order valence-electron chi connectivity index (χ0n) is 12.9. The fourth-order valence-electron chi connectivity index (χ4n) is 3.01. The molecule has 110 valence electrons. The van der Waals surface area contributed by atoms with E-state index in [1.165, 1.54) is 19.3 Å². The number of piperidine rings is 1. The zero-order chi connectivity index (χ0) is 14.5. The molecule has 2 rings (SSSR count). The number of likely N-dealkylation sites (tertiary alicyclic amines) is 1. The Kier molecular flexibility index (Phi) is 5.18. The maximum atomic E-state index is 12.5. The van der Waals surface area contributed by atoms with Crippen molar-refractivity contribution >= 4 is 5.78 Å². The predicted octanol–water partition coefficient (Wildman–Crippen LogP) is 3.37. The summed E-state index contributed by atoms with van der Waals surface area (Å²) >= 11 is 0. The fourth-order valence-corrected chi connectivity index (χ4v) is 3.01. The Balaban J connectivity index is 2.12. The minimum atomic E-state index is 0.241. The second-order valence-corrected chi connectivity index (χ2v) is 5.63. The van der Waals surface area contributed by atoms with Gasteiger partial charge in [-0.25, -0.2) is 0 Å². The number of hydrogen-bond donors (Lipinski definition) is 0. The van der Waals surface area contributed by atoms with Gasteiger partial charge in [-0.2, -0.15) is 0 Å². The quantitative estimate of drug-likeness (QED) is 0.772. The van der Waals surface area contributed by atoms with Crippen LogP contribution < -0.4 is 4.74 Å². The van der Waals surface area contributed by atoms with Crippen molar-refractivity contribution < 1.29 is 9.53 Å². The highest BCUT2D eigenvalue weighted by molar-refractivity contribution is 6.00. The summed E-state index contributed by atoms with van der Waals surface area (Å²) in [6, 6.07) is 3.94. The van der Waals surface area contributed by atoms with Gasteiger partial charge in [0.25, 0.3) is 0 Å². The van der Waals surface area contributed by atoms with Crippen LogP contribution in [0.15, 0.2) is 12.1 Å². The van der Waals surface area contributed by atoms with Crippen LogP contribution in [0.4, 0.5) is 0 Å². The molecule has 1 aliphatic heterocycles. The maximum Gasteiger partial charge on any atom is 0.177 e. The summed E-state index contributed by atoms with van der Waals surface area (Å²) in [4.78, 5) is 14.8. The third kappa shape index (κ3) is 3.60. The van der Waals surface area contributed by atoms with Crippen molar-refractivity contribution in [3.05, 3.63) is 28.8 Å². The lowest BCUT2D eigenvalue weighted by Gasteiger charge is -2.26. The van der Waals surface area contributed by atoms with Crippen molar-refractivity contribution in [2.75, 3.05) is 26.2 Å². The van der Waals surface area contributed by atoms with Gasteiger partial charge in [0.1, 0.15) is 5.75 Å². The van der Waals surface area contributed by atoms with Crippen molar-refractivity contribution in [1.29, 1.82) is 0 Å². The van der Waals surface area contributed by atoms with Crippen LogP contribution in [0.2, 0.25) is 0 Å². The van der Waals surface area contributed by atoms with E-state index in [9.17, 15) is 4.79 Å². The summed E-state index contributed by atoms with van der Waals surface area (Å²) < 4.78 is 5.53. The Labute approximate surface area is 121 Å². The first-order valence-corrected chi connectivity index (χ1v) is 7.61. The Bertz CT molecular complexity index is 453. The number of carbonyl (C=O) groups excluding carboxylic acids is 1. The van der Waals surface area contributed by atoms with Crippen molar-refractivity contribution in [1.82, 2.24) is 4.90 Å². The van der Waals surface area contributed by atoms with Gasteiger partial charge in [-0.05, 0) is 70.0 Å². The van der Waals surface area contributed by atoms with Crippen molar-refractivity contribution in [2.24, 2.45) is 0 Å². The van der Waals surface area contributed by atoms with Gasteiger partial charge in [-0.1, -0.05) is 6.42 Å². The number of rotatable bonds is 5. The third-order valence-electron chi connectivity index (χ3n) is 3.91. The molecular formula is C17H25NO2. The summed E-state index contributed by atoms with van der Waals surface area (Å²) in [6.07, 6.45) is 3.73. The van der Waals surface area contributed by atoms with Crippen LogP contribution in [0.5, 0.6) is 5.75 Å². The van der Waals surface area contributed by atoms with E-state index in [0.29, 0.717) is 13.2 Å². The van der Waals surface area contributed by atoms with Gasteiger partial charge in [0.2, 0.25) is 0 Å². The SMILES string of the molecule is CCOc1cc(C)c(C(=O)CN2CCCCC2)c(C)c1. The Hall–Kier alpha value is -1.35. The summed E-state index contributed by atoms with van der Waals surface area (Å²) in [7, 11) is 0. The lowest BCUT2D eigenvalue weighted by molar-refractivity contribution is 0.0914. The molecule has 20 heavy (non-hydrogen) atoms. The molecule has 0 aliphatic carbocycles. The first-order chi connectivity index (χ1) is 9.61. The van der Waals surface area contributed by atoms with E-state index in [1.807, 2.05) is 32.9 Å². The molecule has 1 saturated heterocycles. The number of hydrogen-bond acceptors (Lipinski definition) is 3. The number of aryl methyl sites for hydroxylation is 2. The zero-order valence-corrected chi connectivity index (χ0v) is 12.9. The molecule has 0 radical (unpaired) electrons. The van der Waals surface area contributed by atoms with Gasteiger partial charge >= 0.3 is 0 Å². The lowest BCUT2D eigenvalue weighted by atomic mass is 9.97. The summed E-state index contributed by atoms with van der Waals surface area (Å²) in [6.45, 7) is 9.29. The van der Waals surface area contributed by atoms with Gasteiger partial charge in [-0.3, -0.25) is 9.69 Å². The number of Topliss-reactive ketones (excluding diaryl/α,β-unsaturated/α-hetero) is 1. The standard InChI is InChI=1S/C17H25NO2/c1-4-20-15-10-13(2)17(14(3)11-15)16(19)12-18-8-6-5-7-9-18/h10-11H,4-9,12H2,1-3H3. The minimum Gasteiger partial charge on any atom is -0.494 e. The Morgan fingerprint density at radius 2 is 1.75 bits per heavy atom. The molecule has 1 heterocycles. The van der Waals surface area contributed by atoms with E-state index in [2.05, 4.69) is 4.90 Å². The van der Waals surface area contributed by atoms with Crippen molar-refractivity contribution in [3.63, 3.8) is 0 Å². The average molecular weight is 275 g/mol. The van der Waals surface area contributed by atoms with Gasteiger partial charge in [0, 0.05) is 5.56 Å². The molecule has 0 amide bonds. The van der Waals surface area contributed by atoms with E-state index in [1.54, 1.807) is 0 Å². The van der Waals surface area contributed by atoms with Crippen molar-refractivity contribution in [3.8, 4) is 5.75 Å². The van der Waals surface area contributed by atoms with Gasteiger partial charge < -0.3 is 4.74 Å². The smallest absolute Gasteiger partial charge is 0.177 e. The highest BCUT2D eigenvalue weighted by Crippen LogP contribution is 2.23. The number of ether oxygens (including phenoxy) is 1. The number of carbonyl (C=O) groups is 1. The summed E-state index contributed by atoms with van der Waals surface area (Å²) in [5, 5.41) is 0. The van der Waals surface area contributed by atoms with E-state index in [-0.39, 0.29) is 5.78 Å². The molecular weight excluding hydrogens is 250 g/mol. The molecule has 0 atom stereocenters. The van der Waals surface area contributed by atoms with Crippen LogP contribution in [0.25, 0.3) is 0 Å². The first kappa shape index (κ1) is 15.0. The second kappa shape index (κ2) is 6.89. The average Bonchev–Trinajstić information content (AvgIpc) is 2.39. The van der Waals surface area contributed by atoms with E-state index < -0.39 is 0 Å². The fraction of sp³-hybridized carbons (Fsp3) is 0.588. The molecule has 1 aromatic rings. The maximum absolute atomic E-state index is 12.5. The molecule has 1 aromatic carbocycles. The second-order valence-electron chi connectivity index (χ2n) is 5.63. The van der Waals surface area contributed by atoms with Crippen LogP contribution in [0.1, 0.15) is 47.7 Å². The summed E-state index contributed by atoms with van der Waals surface area (Å²) in [5.74, 6) is 1.10. The molecule has 0 unspecified atom stereocenters. The molecule has 1 aliphatic rings. The number of ketones is 1. The molecule has 0 N–H and O–H groups in total. The lowest BCUT2D eigenvalue weighted by Crippen LogP contribution is -2.34. The van der Waals surface area contributed by atoms with E-state index >= 15 is 0 Å². The third-order valence-corrected chi connectivity index (χ3v) is 3.91. The molecule has 3 heteroatoms. The Morgan fingerprint density at radius 1 is 1.15 bits per heavy atom. The van der Waals surface area contributed by atoms with E-state index in [0.717, 1.165) is 35.5 Å². The number of nitrogens with zero attached hydrogens (tertiary/aromatic N) is 1. The first-order valence-electron chi connectivity index (χ1n) is 7.61. The van der Waals surface area contributed by atoms with Crippen LogP contribution in [-0.2, 0) is 0 Å². The highest BCUT2D eigenvalue weighted by Gasteiger charge is 2.18. The van der Waals surface area contributed by atoms with Crippen molar-refractivity contribution in [2.45, 2.75) is 40.0 Å². The molecule has 0 spiro atoms. The number of benzene rings is 1. The van der Waals surface area contributed by atoms with Crippen LogP contribution in [0.3, 0.4) is 0 Å². The minimum absolute atomic E-state index is 0.241. The molecule has 0 aromatic heterocycles. The monoisotopic (exact) mass is 275 g/mol. The van der Waals surface area contributed by atoms with Crippen LogP contribution in [-0.4, -0.2) is 36.9 Å². The van der Waals surface area contributed by atoms with E-state index in [4.69, 9.17) is 4.74 Å².